The van der Waals surface area contributed by atoms with Crippen molar-refractivity contribution in [1.82, 2.24) is 15.3 Å². The topological polar surface area (TPSA) is 41.1 Å². The van der Waals surface area contributed by atoms with Gasteiger partial charge in [0.2, 0.25) is 0 Å². The van der Waals surface area contributed by atoms with E-state index in [9.17, 15) is 0 Å². The Balaban J connectivity index is 1.77. The standard InChI is InChI=1S/C22H32N4S/c1-4-20(17-11-7-5-8-12-17)23-15-18-16-24-22(27-3)25-21(18)26(2)19-13-9-6-10-14-19/h5,7-8,11-12,16,19-20,23H,4,6,9-10,13-15H2,1-3H3/t20-/m1/s1. The molecule has 1 aromatic carbocycles. The van der Waals surface area contributed by atoms with E-state index in [0.717, 1.165) is 23.9 Å². The summed E-state index contributed by atoms with van der Waals surface area (Å²) < 4.78 is 0. The molecule has 1 aliphatic carbocycles. The van der Waals surface area contributed by atoms with Gasteiger partial charge in [-0.25, -0.2) is 9.97 Å². The Hall–Kier alpha value is -1.59. The van der Waals surface area contributed by atoms with E-state index in [-0.39, 0.29) is 0 Å². The smallest absolute Gasteiger partial charge is 0.189 e. The number of rotatable bonds is 8. The molecule has 5 heteroatoms. The molecular formula is C22H32N4S. The summed E-state index contributed by atoms with van der Waals surface area (Å²) in [7, 11) is 2.21. The Bertz CT molecular complexity index is 701. The summed E-state index contributed by atoms with van der Waals surface area (Å²) in [6, 6.07) is 11.6. The van der Waals surface area contributed by atoms with Gasteiger partial charge in [-0.2, -0.15) is 0 Å². The van der Waals surface area contributed by atoms with Crippen LogP contribution >= 0.6 is 11.8 Å². The Morgan fingerprint density at radius 2 is 1.93 bits per heavy atom. The first-order valence-corrected chi connectivity index (χ1v) is 11.4. The molecule has 1 atom stereocenters. The van der Waals surface area contributed by atoms with Crippen molar-refractivity contribution in [3.05, 3.63) is 47.7 Å². The maximum atomic E-state index is 4.88. The summed E-state index contributed by atoms with van der Waals surface area (Å²) >= 11 is 1.61. The zero-order valence-electron chi connectivity index (χ0n) is 16.8. The molecule has 0 unspecified atom stereocenters. The van der Waals surface area contributed by atoms with E-state index >= 15 is 0 Å². The number of benzene rings is 1. The highest BCUT2D eigenvalue weighted by Gasteiger charge is 2.22. The number of hydrogen-bond acceptors (Lipinski definition) is 5. The third kappa shape index (κ3) is 5.23. The van der Waals surface area contributed by atoms with Crippen molar-refractivity contribution in [2.24, 2.45) is 0 Å². The van der Waals surface area contributed by atoms with Crippen molar-refractivity contribution in [2.75, 3.05) is 18.2 Å². The maximum absolute atomic E-state index is 4.88. The van der Waals surface area contributed by atoms with Crippen LogP contribution in [0, 0.1) is 0 Å². The first-order valence-electron chi connectivity index (χ1n) is 10.1. The summed E-state index contributed by atoms with van der Waals surface area (Å²) in [4.78, 5) is 11.8. The fourth-order valence-corrected chi connectivity index (χ4v) is 4.30. The molecule has 1 N–H and O–H groups in total. The van der Waals surface area contributed by atoms with Crippen LogP contribution in [0.15, 0.2) is 41.7 Å². The molecule has 0 amide bonds. The molecule has 2 aromatic rings. The number of nitrogens with zero attached hydrogens (tertiary/aromatic N) is 3. The molecule has 3 rings (SSSR count). The van der Waals surface area contributed by atoms with E-state index < -0.39 is 0 Å². The highest BCUT2D eigenvalue weighted by Crippen LogP contribution is 2.28. The van der Waals surface area contributed by atoms with Crippen LogP contribution in [0.25, 0.3) is 0 Å². The first kappa shape index (κ1) is 20.2. The zero-order chi connectivity index (χ0) is 19.1. The van der Waals surface area contributed by atoms with Gasteiger partial charge < -0.3 is 10.2 Å². The number of hydrogen-bond donors (Lipinski definition) is 1. The van der Waals surface area contributed by atoms with Gasteiger partial charge in [0.25, 0.3) is 0 Å². The molecule has 146 valence electrons. The lowest BCUT2D eigenvalue weighted by molar-refractivity contribution is 0.424. The average molecular weight is 385 g/mol. The molecule has 0 bridgehead atoms. The van der Waals surface area contributed by atoms with E-state index in [1.165, 1.54) is 43.2 Å². The second kappa shape index (κ2) is 10.1. The average Bonchev–Trinajstić information content (AvgIpc) is 2.75. The minimum atomic E-state index is 0.347. The summed E-state index contributed by atoms with van der Waals surface area (Å²) in [5.74, 6) is 1.09. The second-order valence-corrected chi connectivity index (χ2v) is 8.13. The predicted octanol–water partition coefficient (Wildman–Crippen LogP) is 5.21. The summed E-state index contributed by atoms with van der Waals surface area (Å²) in [5.41, 5.74) is 2.53. The van der Waals surface area contributed by atoms with Gasteiger partial charge in [-0.3, -0.25) is 0 Å². The molecule has 0 spiro atoms. The van der Waals surface area contributed by atoms with Crippen LogP contribution < -0.4 is 10.2 Å². The largest absolute Gasteiger partial charge is 0.356 e. The highest BCUT2D eigenvalue weighted by atomic mass is 32.2. The molecule has 1 fully saturated rings. The number of anilines is 1. The fraction of sp³-hybridized carbons (Fsp3) is 0.545. The molecule has 1 heterocycles. The van der Waals surface area contributed by atoms with Crippen molar-refractivity contribution in [2.45, 2.75) is 69.2 Å². The monoisotopic (exact) mass is 384 g/mol. The van der Waals surface area contributed by atoms with E-state index in [4.69, 9.17) is 4.98 Å². The summed E-state index contributed by atoms with van der Waals surface area (Å²) in [5, 5.41) is 4.58. The molecule has 0 aliphatic heterocycles. The quantitative estimate of drug-likeness (QED) is 0.500. The van der Waals surface area contributed by atoms with Gasteiger partial charge >= 0.3 is 0 Å². The molecule has 0 radical (unpaired) electrons. The van der Waals surface area contributed by atoms with E-state index in [1.807, 2.05) is 12.5 Å². The van der Waals surface area contributed by atoms with Crippen LogP contribution in [0.4, 0.5) is 5.82 Å². The lowest BCUT2D eigenvalue weighted by atomic mass is 9.94. The predicted molar refractivity (Wildman–Crippen MR) is 115 cm³/mol. The fourth-order valence-electron chi connectivity index (χ4n) is 3.97. The van der Waals surface area contributed by atoms with E-state index in [0.29, 0.717) is 12.1 Å². The van der Waals surface area contributed by atoms with Crippen molar-refractivity contribution < 1.29 is 0 Å². The van der Waals surface area contributed by atoms with Gasteiger partial charge in [-0.1, -0.05) is 68.3 Å². The molecule has 1 aliphatic rings. The van der Waals surface area contributed by atoms with Crippen LogP contribution in [0.5, 0.6) is 0 Å². The van der Waals surface area contributed by atoms with Gasteiger partial charge in [0.1, 0.15) is 5.82 Å². The van der Waals surface area contributed by atoms with Crippen molar-refractivity contribution in [1.29, 1.82) is 0 Å². The van der Waals surface area contributed by atoms with E-state index in [2.05, 4.69) is 59.5 Å². The number of nitrogens with one attached hydrogen (secondary N) is 1. The molecule has 27 heavy (non-hydrogen) atoms. The molecule has 1 saturated carbocycles. The van der Waals surface area contributed by atoms with Gasteiger partial charge in [0.15, 0.2) is 5.16 Å². The lowest BCUT2D eigenvalue weighted by Crippen LogP contribution is -2.35. The van der Waals surface area contributed by atoms with E-state index in [1.54, 1.807) is 11.8 Å². The van der Waals surface area contributed by atoms with Crippen molar-refractivity contribution in [3.8, 4) is 0 Å². The summed E-state index contributed by atoms with van der Waals surface area (Å²) in [6.07, 6.45) is 11.7. The zero-order valence-corrected chi connectivity index (χ0v) is 17.6. The summed E-state index contributed by atoms with van der Waals surface area (Å²) in [6.45, 7) is 3.02. The SMILES string of the molecule is CC[C@@H](NCc1cnc(SC)nc1N(C)C1CCCCC1)c1ccccc1. The normalized spacial score (nSPS) is 16.3. The van der Waals surface area contributed by atoms with Crippen molar-refractivity contribution in [3.63, 3.8) is 0 Å². The van der Waals surface area contributed by atoms with Crippen LogP contribution in [0.1, 0.15) is 62.6 Å². The highest BCUT2D eigenvalue weighted by molar-refractivity contribution is 7.98. The number of thioether (sulfide) groups is 1. The van der Waals surface area contributed by atoms with Gasteiger partial charge in [0, 0.05) is 37.4 Å². The maximum Gasteiger partial charge on any atom is 0.189 e. The second-order valence-electron chi connectivity index (χ2n) is 7.36. The Morgan fingerprint density at radius 1 is 1.19 bits per heavy atom. The Kier molecular flexibility index (Phi) is 7.53. The van der Waals surface area contributed by atoms with Crippen LogP contribution in [0.2, 0.25) is 0 Å². The molecular weight excluding hydrogens is 352 g/mol. The van der Waals surface area contributed by atoms with Crippen LogP contribution in [-0.4, -0.2) is 29.3 Å². The van der Waals surface area contributed by atoms with Crippen LogP contribution in [-0.2, 0) is 6.54 Å². The van der Waals surface area contributed by atoms with Gasteiger partial charge in [-0.05, 0) is 31.1 Å². The first-order chi connectivity index (χ1) is 13.2. The number of aromatic nitrogens is 2. The third-order valence-corrected chi connectivity index (χ3v) is 6.17. The minimum absolute atomic E-state index is 0.347. The molecule has 0 saturated heterocycles. The third-order valence-electron chi connectivity index (χ3n) is 5.61. The molecule has 1 aromatic heterocycles. The minimum Gasteiger partial charge on any atom is -0.356 e. The molecule has 4 nitrogen and oxygen atoms in total. The lowest BCUT2D eigenvalue weighted by Gasteiger charge is -2.33. The Labute approximate surface area is 168 Å². The Morgan fingerprint density at radius 3 is 2.59 bits per heavy atom. The van der Waals surface area contributed by atoms with Crippen molar-refractivity contribution >= 4 is 17.6 Å². The van der Waals surface area contributed by atoms with Gasteiger partial charge in [0.05, 0.1) is 0 Å². The van der Waals surface area contributed by atoms with Crippen LogP contribution in [0.3, 0.4) is 0 Å². The van der Waals surface area contributed by atoms with Gasteiger partial charge in [-0.15, -0.1) is 0 Å².